The van der Waals surface area contributed by atoms with Gasteiger partial charge in [0.25, 0.3) is 12.3 Å². The predicted octanol–water partition coefficient (Wildman–Crippen LogP) is 0.403. The Labute approximate surface area is 115 Å². The van der Waals surface area contributed by atoms with Crippen LogP contribution in [0.15, 0.2) is 18.3 Å². The highest BCUT2D eigenvalue weighted by atomic mass is 19.3. The zero-order valence-electron chi connectivity index (χ0n) is 10.7. The largest absolute Gasteiger partial charge is 0.374 e. The molecule has 1 aromatic heterocycles. The van der Waals surface area contributed by atoms with Crippen molar-refractivity contribution in [2.75, 3.05) is 26.3 Å². The van der Waals surface area contributed by atoms with Crippen LogP contribution >= 0.6 is 0 Å². The van der Waals surface area contributed by atoms with Crippen molar-refractivity contribution in [2.45, 2.75) is 6.43 Å². The number of nitrogens with two attached hydrogens (primary N) is 1. The minimum atomic E-state index is -2.51. The van der Waals surface area contributed by atoms with Crippen molar-refractivity contribution in [3.05, 3.63) is 29.6 Å². The van der Waals surface area contributed by atoms with Gasteiger partial charge in [0.2, 0.25) is 0 Å². The first-order valence-electron chi connectivity index (χ1n) is 5.92. The summed E-state index contributed by atoms with van der Waals surface area (Å²) in [5, 5.41) is 2.51. The van der Waals surface area contributed by atoms with Gasteiger partial charge in [-0.05, 0) is 12.1 Å². The molecule has 0 bridgehead atoms. The van der Waals surface area contributed by atoms with E-state index in [0.717, 1.165) is 0 Å². The molecule has 7 heteroatoms. The van der Waals surface area contributed by atoms with Gasteiger partial charge in [0.15, 0.2) is 0 Å². The molecule has 0 fully saturated rings. The number of ether oxygens (including phenoxy) is 1. The fraction of sp³-hybridized carbons (Fsp3) is 0.385. The van der Waals surface area contributed by atoms with E-state index in [-0.39, 0.29) is 25.4 Å². The van der Waals surface area contributed by atoms with Crippen molar-refractivity contribution >= 4 is 5.91 Å². The van der Waals surface area contributed by atoms with Crippen LogP contribution in [0.25, 0.3) is 0 Å². The van der Waals surface area contributed by atoms with Gasteiger partial charge in [0.1, 0.15) is 12.3 Å². The van der Waals surface area contributed by atoms with E-state index in [1.54, 1.807) is 6.07 Å². The van der Waals surface area contributed by atoms with E-state index < -0.39 is 18.9 Å². The Bertz CT molecular complexity index is 481. The first kappa shape index (κ1) is 16.0. The molecule has 20 heavy (non-hydrogen) atoms. The third kappa shape index (κ3) is 6.22. The van der Waals surface area contributed by atoms with Crippen molar-refractivity contribution in [3.63, 3.8) is 0 Å². The molecule has 1 amide bonds. The molecule has 1 aromatic rings. The maximum Gasteiger partial charge on any atom is 0.269 e. The summed E-state index contributed by atoms with van der Waals surface area (Å²) in [5.74, 6) is 5.05. The Hall–Kier alpha value is -2.04. The monoisotopic (exact) mass is 283 g/mol. The second kappa shape index (κ2) is 8.96. The zero-order chi connectivity index (χ0) is 14.8. The molecule has 0 aliphatic carbocycles. The lowest BCUT2D eigenvalue weighted by Crippen LogP contribution is -2.28. The van der Waals surface area contributed by atoms with Crippen LogP contribution in [0.4, 0.5) is 8.78 Å². The molecule has 108 valence electrons. The summed E-state index contributed by atoms with van der Waals surface area (Å²) in [4.78, 5) is 15.6. The number of carbonyl (C=O) groups excluding carboxylic acids is 1. The summed E-state index contributed by atoms with van der Waals surface area (Å²) in [6, 6.07) is 3.17. The second-order valence-electron chi connectivity index (χ2n) is 3.66. The molecular weight excluding hydrogens is 268 g/mol. The summed E-state index contributed by atoms with van der Waals surface area (Å²) in [6.45, 7) is -0.221. The number of amides is 1. The van der Waals surface area contributed by atoms with E-state index in [1.807, 2.05) is 0 Å². The van der Waals surface area contributed by atoms with Crippen molar-refractivity contribution in [1.82, 2.24) is 10.3 Å². The molecule has 0 aliphatic heterocycles. The lowest BCUT2D eigenvalue weighted by molar-refractivity contribution is 0.0188. The Morgan fingerprint density at radius 1 is 1.50 bits per heavy atom. The molecular formula is C13H15F2N3O2. The highest BCUT2D eigenvalue weighted by Crippen LogP contribution is 1.99. The number of pyridine rings is 1. The number of nitrogens with zero attached hydrogens (tertiary/aromatic N) is 1. The summed E-state index contributed by atoms with van der Waals surface area (Å²) >= 11 is 0. The SMILES string of the molecule is NCC#Cc1ccc(C(=O)NCCOCC(F)F)nc1. The van der Waals surface area contributed by atoms with Crippen molar-refractivity contribution in [2.24, 2.45) is 5.73 Å². The molecule has 0 radical (unpaired) electrons. The maximum absolute atomic E-state index is 11.8. The first-order chi connectivity index (χ1) is 9.63. The topological polar surface area (TPSA) is 77.2 Å². The molecule has 1 heterocycles. The molecule has 0 unspecified atom stereocenters. The molecule has 0 aliphatic rings. The van der Waals surface area contributed by atoms with Crippen LogP contribution in [-0.4, -0.2) is 43.6 Å². The second-order valence-corrected chi connectivity index (χ2v) is 3.66. The van der Waals surface area contributed by atoms with E-state index in [0.29, 0.717) is 5.56 Å². The summed E-state index contributed by atoms with van der Waals surface area (Å²) in [6.07, 6.45) is -1.04. The third-order valence-electron chi connectivity index (χ3n) is 2.11. The highest BCUT2D eigenvalue weighted by Gasteiger charge is 2.06. The molecule has 0 saturated heterocycles. The molecule has 5 nitrogen and oxygen atoms in total. The van der Waals surface area contributed by atoms with Crippen LogP contribution < -0.4 is 11.1 Å². The standard InChI is InChI=1S/C13H15F2N3O2/c14-12(15)9-20-7-6-17-13(19)11-4-3-10(8-18-11)2-1-5-16/h3-4,8,12H,5-7,9,16H2,(H,17,19). The number of alkyl halides is 2. The number of carbonyl (C=O) groups is 1. The molecule has 0 spiro atoms. The summed E-state index contributed by atoms with van der Waals surface area (Å²) in [5.41, 5.74) is 6.11. The van der Waals surface area contributed by atoms with Gasteiger partial charge in [-0.25, -0.2) is 13.8 Å². The van der Waals surface area contributed by atoms with Crippen LogP contribution in [0.2, 0.25) is 0 Å². The normalized spacial score (nSPS) is 10.0. The molecule has 1 rings (SSSR count). The smallest absolute Gasteiger partial charge is 0.269 e. The Morgan fingerprint density at radius 2 is 2.30 bits per heavy atom. The van der Waals surface area contributed by atoms with Gasteiger partial charge in [-0.3, -0.25) is 4.79 Å². The Morgan fingerprint density at radius 3 is 2.90 bits per heavy atom. The quantitative estimate of drug-likeness (QED) is 0.585. The molecule has 0 aromatic carbocycles. The van der Waals surface area contributed by atoms with E-state index >= 15 is 0 Å². The highest BCUT2D eigenvalue weighted by molar-refractivity contribution is 5.92. The van der Waals surface area contributed by atoms with Crippen LogP contribution in [0.3, 0.4) is 0 Å². The van der Waals surface area contributed by atoms with Crippen molar-refractivity contribution in [1.29, 1.82) is 0 Å². The summed E-state index contributed by atoms with van der Waals surface area (Å²) < 4.78 is 28.2. The predicted molar refractivity (Wildman–Crippen MR) is 69.3 cm³/mol. The van der Waals surface area contributed by atoms with E-state index in [1.165, 1.54) is 12.3 Å². The fourth-order valence-corrected chi connectivity index (χ4v) is 1.25. The number of hydrogen-bond acceptors (Lipinski definition) is 4. The van der Waals surface area contributed by atoms with Gasteiger partial charge in [-0.1, -0.05) is 11.8 Å². The molecule has 0 saturated carbocycles. The van der Waals surface area contributed by atoms with Gasteiger partial charge < -0.3 is 15.8 Å². The van der Waals surface area contributed by atoms with Gasteiger partial charge >= 0.3 is 0 Å². The molecule has 0 atom stereocenters. The fourth-order valence-electron chi connectivity index (χ4n) is 1.25. The van der Waals surface area contributed by atoms with Crippen LogP contribution in [0.5, 0.6) is 0 Å². The molecule has 3 N–H and O–H groups in total. The van der Waals surface area contributed by atoms with Gasteiger partial charge in [-0.15, -0.1) is 0 Å². The van der Waals surface area contributed by atoms with E-state index in [2.05, 4.69) is 26.9 Å². The zero-order valence-corrected chi connectivity index (χ0v) is 10.7. The van der Waals surface area contributed by atoms with Crippen LogP contribution in [0, 0.1) is 11.8 Å². The Balaban J connectivity index is 2.36. The Kier molecular flexibility index (Phi) is 7.17. The number of rotatable bonds is 6. The third-order valence-corrected chi connectivity index (χ3v) is 2.11. The minimum Gasteiger partial charge on any atom is -0.374 e. The number of aromatic nitrogens is 1. The van der Waals surface area contributed by atoms with Crippen LogP contribution in [0.1, 0.15) is 16.1 Å². The maximum atomic E-state index is 11.8. The average molecular weight is 283 g/mol. The van der Waals surface area contributed by atoms with E-state index in [4.69, 9.17) is 5.73 Å². The first-order valence-corrected chi connectivity index (χ1v) is 5.92. The summed E-state index contributed by atoms with van der Waals surface area (Å²) in [7, 11) is 0. The number of halogens is 2. The van der Waals surface area contributed by atoms with Gasteiger partial charge in [0.05, 0.1) is 13.2 Å². The minimum absolute atomic E-state index is 0.0239. The van der Waals surface area contributed by atoms with Gasteiger partial charge in [-0.2, -0.15) is 0 Å². The van der Waals surface area contributed by atoms with E-state index in [9.17, 15) is 13.6 Å². The lowest BCUT2D eigenvalue weighted by Gasteiger charge is -2.05. The number of nitrogens with one attached hydrogen (secondary N) is 1. The van der Waals surface area contributed by atoms with Crippen LogP contribution in [-0.2, 0) is 4.74 Å². The average Bonchev–Trinajstić information content (AvgIpc) is 2.44. The number of hydrogen-bond donors (Lipinski definition) is 2. The van der Waals surface area contributed by atoms with Crippen molar-refractivity contribution < 1.29 is 18.3 Å². The van der Waals surface area contributed by atoms with Gasteiger partial charge in [0, 0.05) is 18.3 Å². The van der Waals surface area contributed by atoms with Crippen molar-refractivity contribution in [3.8, 4) is 11.8 Å². The lowest BCUT2D eigenvalue weighted by atomic mass is 10.2.